The Bertz CT molecular complexity index is 402. The van der Waals surface area contributed by atoms with Crippen LogP contribution >= 0.6 is 11.6 Å². The molecule has 0 saturated carbocycles. The van der Waals surface area contributed by atoms with Crippen molar-refractivity contribution in [3.05, 3.63) is 28.8 Å². The maximum absolute atomic E-state index is 12.0. The summed E-state index contributed by atoms with van der Waals surface area (Å²) >= 11 is 5.92. The van der Waals surface area contributed by atoms with Gasteiger partial charge >= 0.3 is 0 Å². The molecule has 0 unspecified atom stereocenters. The van der Waals surface area contributed by atoms with Crippen LogP contribution in [0.4, 0.5) is 0 Å². The van der Waals surface area contributed by atoms with Gasteiger partial charge in [0.05, 0.1) is 23.8 Å². The number of ether oxygens (including phenoxy) is 1. The summed E-state index contributed by atoms with van der Waals surface area (Å²) in [5, 5.41) is 9.69. The second-order valence-electron chi connectivity index (χ2n) is 3.57. The third kappa shape index (κ3) is 2.28. The monoisotopic (exact) mass is 241 g/mol. The number of rotatable bonds is 1. The van der Waals surface area contributed by atoms with Crippen LogP contribution in [0.3, 0.4) is 0 Å². The molecule has 0 aliphatic carbocycles. The van der Waals surface area contributed by atoms with Crippen LogP contribution in [0, 0.1) is 0 Å². The summed E-state index contributed by atoms with van der Waals surface area (Å²) in [6.45, 7) is 2.21. The molecule has 5 heteroatoms. The lowest BCUT2D eigenvalue weighted by Gasteiger charge is -2.27. The lowest BCUT2D eigenvalue weighted by molar-refractivity contribution is 0.0303. The first-order valence-corrected chi connectivity index (χ1v) is 5.42. The lowest BCUT2D eigenvalue weighted by atomic mass is 10.2. The smallest absolute Gasteiger partial charge is 0.255 e. The Hall–Kier alpha value is -1.26. The number of nitrogens with zero attached hydrogens (tertiary/aromatic N) is 1. The highest BCUT2D eigenvalue weighted by atomic mass is 35.5. The highest BCUT2D eigenvalue weighted by molar-refractivity contribution is 6.33. The van der Waals surface area contributed by atoms with Crippen molar-refractivity contribution in [1.82, 2.24) is 4.90 Å². The van der Waals surface area contributed by atoms with Gasteiger partial charge in [0.25, 0.3) is 5.91 Å². The lowest BCUT2D eigenvalue weighted by Crippen LogP contribution is -2.40. The molecule has 1 saturated heterocycles. The molecule has 1 aliphatic rings. The molecule has 1 aliphatic heterocycles. The summed E-state index contributed by atoms with van der Waals surface area (Å²) in [6, 6.07) is 4.36. The zero-order chi connectivity index (χ0) is 11.5. The van der Waals surface area contributed by atoms with Crippen LogP contribution in [0.2, 0.25) is 5.02 Å². The van der Waals surface area contributed by atoms with Gasteiger partial charge in [0.15, 0.2) is 0 Å². The van der Waals surface area contributed by atoms with E-state index in [9.17, 15) is 9.90 Å². The van der Waals surface area contributed by atoms with Gasteiger partial charge in [-0.3, -0.25) is 4.79 Å². The van der Waals surface area contributed by atoms with Gasteiger partial charge in [0.1, 0.15) is 5.75 Å². The molecule has 0 aromatic heterocycles. The second-order valence-corrected chi connectivity index (χ2v) is 3.98. The fraction of sp³-hybridized carbons (Fsp3) is 0.364. The van der Waals surface area contributed by atoms with Crippen LogP contribution in [0.5, 0.6) is 5.75 Å². The summed E-state index contributed by atoms with van der Waals surface area (Å²) in [7, 11) is 0. The van der Waals surface area contributed by atoms with E-state index in [2.05, 4.69) is 0 Å². The number of hydrogen-bond acceptors (Lipinski definition) is 3. The minimum Gasteiger partial charge on any atom is -0.508 e. The molecular weight excluding hydrogens is 230 g/mol. The van der Waals surface area contributed by atoms with Crippen LogP contribution in [-0.4, -0.2) is 42.2 Å². The van der Waals surface area contributed by atoms with Crippen molar-refractivity contribution in [2.75, 3.05) is 26.3 Å². The first-order valence-electron chi connectivity index (χ1n) is 5.04. The minimum atomic E-state index is -0.163. The highest BCUT2D eigenvalue weighted by Gasteiger charge is 2.20. The van der Waals surface area contributed by atoms with E-state index in [4.69, 9.17) is 16.3 Å². The molecule has 1 fully saturated rings. The number of morpholine rings is 1. The van der Waals surface area contributed by atoms with Gasteiger partial charge in [0, 0.05) is 13.1 Å². The molecule has 0 bridgehead atoms. The third-order valence-electron chi connectivity index (χ3n) is 2.48. The topological polar surface area (TPSA) is 49.8 Å². The van der Waals surface area contributed by atoms with E-state index in [1.165, 1.54) is 18.2 Å². The van der Waals surface area contributed by atoms with Gasteiger partial charge in [-0.25, -0.2) is 0 Å². The number of halogens is 1. The zero-order valence-electron chi connectivity index (χ0n) is 8.65. The van der Waals surface area contributed by atoms with Crippen molar-refractivity contribution in [1.29, 1.82) is 0 Å². The molecule has 1 heterocycles. The molecule has 1 aromatic carbocycles. The van der Waals surface area contributed by atoms with Gasteiger partial charge in [-0.1, -0.05) is 11.6 Å². The number of amides is 1. The van der Waals surface area contributed by atoms with Crippen molar-refractivity contribution in [2.45, 2.75) is 0 Å². The second kappa shape index (κ2) is 4.72. The average Bonchev–Trinajstić information content (AvgIpc) is 2.32. The number of phenolic OH excluding ortho intramolecular Hbond substituents is 1. The highest BCUT2D eigenvalue weighted by Crippen LogP contribution is 2.22. The maximum atomic E-state index is 12.0. The SMILES string of the molecule is O=C(c1cc(O)ccc1Cl)N1CCOCC1. The van der Waals surface area contributed by atoms with E-state index in [-0.39, 0.29) is 11.7 Å². The first-order chi connectivity index (χ1) is 7.68. The Morgan fingerprint density at radius 3 is 2.75 bits per heavy atom. The fourth-order valence-electron chi connectivity index (χ4n) is 1.61. The van der Waals surface area contributed by atoms with Crippen LogP contribution < -0.4 is 0 Å². The van der Waals surface area contributed by atoms with Crippen LogP contribution in [0.25, 0.3) is 0 Å². The van der Waals surface area contributed by atoms with Crippen LogP contribution in [0.15, 0.2) is 18.2 Å². The molecule has 1 N–H and O–H groups in total. The summed E-state index contributed by atoms with van der Waals surface area (Å²) in [6.07, 6.45) is 0. The Morgan fingerprint density at radius 2 is 2.06 bits per heavy atom. The quantitative estimate of drug-likeness (QED) is 0.811. The van der Waals surface area contributed by atoms with Crippen molar-refractivity contribution in [3.63, 3.8) is 0 Å². The fourth-order valence-corrected chi connectivity index (χ4v) is 1.81. The molecule has 2 rings (SSSR count). The molecule has 1 amide bonds. The van der Waals surface area contributed by atoms with Crippen molar-refractivity contribution in [3.8, 4) is 5.75 Å². The third-order valence-corrected chi connectivity index (χ3v) is 2.81. The number of aromatic hydroxyl groups is 1. The summed E-state index contributed by atoms with van der Waals surface area (Å²) in [5.74, 6) is -0.120. The molecule has 0 radical (unpaired) electrons. The zero-order valence-corrected chi connectivity index (χ0v) is 9.41. The number of benzene rings is 1. The van der Waals surface area contributed by atoms with E-state index in [0.29, 0.717) is 36.9 Å². The van der Waals surface area contributed by atoms with E-state index < -0.39 is 0 Å². The number of carbonyl (C=O) groups excluding carboxylic acids is 1. The summed E-state index contributed by atoms with van der Waals surface area (Å²) in [4.78, 5) is 13.7. The van der Waals surface area contributed by atoms with Crippen molar-refractivity contribution >= 4 is 17.5 Å². The molecule has 0 atom stereocenters. The standard InChI is InChI=1S/C11H12ClNO3/c12-10-2-1-8(14)7-9(10)11(15)13-3-5-16-6-4-13/h1-2,7,14H,3-6H2. The van der Waals surface area contributed by atoms with Gasteiger partial charge in [-0.05, 0) is 18.2 Å². The average molecular weight is 242 g/mol. The Labute approximate surface area is 98.4 Å². The molecule has 16 heavy (non-hydrogen) atoms. The predicted molar refractivity (Wildman–Crippen MR) is 59.8 cm³/mol. The van der Waals surface area contributed by atoms with E-state index in [0.717, 1.165) is 0 Å². The van der Waals surface area contributed by atoms with E-state index in [1.54, 1.807) is 4.90 Å². The van der Waals surface area contributed by atoms with Crippen molar-refractivity contribution < 1.29 is 14.6 Å². The van der Waals surface area contributed by atoms with E-state index >= 15 is 0 Å². The number of phenols is 1. The van der Waals surface area contributed by atoms with Gasteiger partial charge in [0.2, 0.25) is 0 Å². The van der Waals surface area contributed by atoms with Crippen LogP contribution in [-0.2, 0) is 4.74 Å². The Morgan fingerprint density at radius 1 is 1.38 bits per heavy atom. The Balaban J connectivity index is 2.22. The summed E-state index contributed by atoms with van der Waals surface area (Å²) in [5.41, 5.74) is 0.337. The van der Waals surface area contributed by atoms with Gasteiger partial charge in [-0.15, -0.1) is 0 Å². The molecule has 0 spiro atoms. The first kappa shape index (κ1) is 11.2. The maximum Gasteiger partial charge on any atom is 0.255 e. The number of hydrogen-bond donors (Lipinski definition) is 1. The molecule has 86 valence electrons. The van der Waals surface area contributed by atoms with Crippen molar-refractivity contribution in [2.24, 2.45) is 0 Å². The van der Waals surface area contributed by atoms with Crippen LogP contribution in [0.1, 0.15) is 10.4 Å². The minimum absolute atomic E-state index is 0.0426. The number of carbonyl (C=O) groups is 1. The normalized spacial score (nSPS) is 16.2. The molecule has 1 aromatic rings. The van der Waals surface area contributed by atoms with Gasteiger partial charge in [-0.2, -0.15) is 0 Å². The summed E-state index contributed by atoms with van der Waals surface area (Å²) < 4.78 is 5.16. The molecule has 4 nitrogen and oxygen atoms in total. The van der Waals surface area contributed by atoms with E-state index in [1.807, 2.05) is 0 Å². The largest absolute Gasteiger partial charge is 0.508 e. The Kier molecular flexibility index (Phi) is 3.31. The predicted octanol–water partition coefficient (Wildman–Crippen LogP) is 1.52. The molecular formula is C11H12ClNO3. The van der Waals surface area contributed by atoms with Gasteiger partial charge < -0.3 is 14.7 Å².